The summed E-state index contributed by atoms with van der Waals surface area (Å²) in [5.41, 5.74) is 8.03. The molecule has 19 heavy (non-hydrogen) atoms. The van der Waals surface area contributed by atoms with E-state index in [1.165, 1.54) is 6.26 Å². The van der Waals surface area contributed by atoms with Crippen molar-refractivity contribution in [3.8, 4) is 0 Å². The zero-order valence-corrected chi connectivity index (χ0v) is 10.6. The summed E-state index contributed by atoms with van der Waals surface area (Å²) in [5.74, 6) is -0.405. The Morgan fingerprint density at radius 2 is 2.32 bits per heavy atom. The van der Waals surface area contributed by atoms with E-state index in [2.05, 4.69) is 10.5 Å². The minimum atomic E-state index is -0.405. The number of nitrogens with two attached hydrogens (primary N) is 1. The number of hydrogen-bond donors (Lipinski definition) is 2. The van der Waals surface area contributed by atoms with Crippen LogP contribution in [0.5, 0.6) is 0 Å². The highest BCUT2D eigenvalue weighted by molar-refractivity contribution is 5.98. The smallest absolute Gasteiger partial charge is 0.340 e. The van der Waals surface area contributed by atoms with E-state index in [0.717, 1.165) is 5.69 Å². The number of nitrogen functional groups attached to an aromatic ring is 1. The van der Waals surface area contributed by atoms with Crippen molar-refractivity contribution >= 4 is 17.3 Å². The fourth-order valence-electron chi connectivity index (χ4n) is 1.65. The fraction of sp³-hybridized carbons (Fsp3) is 0.231. The van der Waals surface area contributed by atoms with Crippen molar-refractivity contribution in [2.45, 2.75) is 13.5 Å². The number of carbonyl (C=O) groups is 1. The van der Waals surface area contributed by atoms with Crippen molar-refractivity contribution in [3.05, 3.63) is 41.8 Å². The second kappa shape index (κ2) is 5.90. The Morgan fingerprint density at radius 3 is 3.00 bits per heavy atom. The lowest BCUT2D eigenvalue weighted by molar-refractivity contribution is 0.0527. The molecule has 6 heteroatoms. The van der Waals surface area contributed by atoms with E-state index < -0.39 is 5.97 Å². The molecule has 0 aliphatic heterocycles. The third-order valence-electron chi connectivity index (χ3n) is 2.53. The number of benzene rings is 1. The maximum atomic E-state index is 11.8. The summed E-state index contributed by atoms with van der Waals surface area (Å²) in [6.45, 7) is 2.49. The molecule has 0 saturated heterocycles. The summed E-state index contributed by atoms with van der Waals surface area (Å²) < 4.78 is 9.73. The lowest BCUT2D eigenvalue weighted by Gasteiger charge is -2.12. The van der Waals surface area contributed by atoms with Crippen LogP contribution >= 0.6 is 0 Å². The molecule has 1 aromatic heterocycles. The average Bonchev–Trinajstić information content (AvgIpc) is 2.90. The Hall–Kier alpha value is -2.50. The molecule has 0 fully saturated rings. The van der Waals surface area contributed by atoms with E-state index >= 15 is 0 Å². The minimum absolute atomic E-state index is 0.316. The number of carbonyl (C=O) groups excluding carboxylic acids is 1. The highest BCUT2D eigenvalue weighted by atomic mass is 16.5. The van der Waals surface area contributed by atoms with Crippen LogP contribution in [0.2, 0.25) is 0 Å². The van der Waals surface area contributed by atoms with Gasteiger partial charge in [-0.1, -0.05) is 11.2 Å². The first kappa shape index (κ1) is 12.9. The predicted octanol–water partition coefficient (Wildman–Crippen LogP) is 2.05. The molecular formula is C13H15N3O3. The monoisotopic (exact) mass is 261 g/mol. The average molecular weight is 261 g/mol. The maximum Gasteiger partial charge on any atom is 0.340 e. The van der Waals surface area contributed by atoms with Gasteiger partial charge in [0.1, 0.15) is 12.0 Å². The summed E-state index contributed by atoms with van der Waals surface area (Å²) in [7, 11) is 0. The summed E-state index contributed by atoms with van der Waals surface area (Å²) >= 11 is 0. The molecule has 0 saturated carbocycles. The number of hydrogen-bond acceptors (Lipinski definition) is 6. The number of anilines is 2. The standard InChI is InChI=1S/C13H15N3O3/c1-2-18-13(17)10-4-3-5-11(14)12(10)15-8-9-6-7-19-16-9/h3-7,15H,2,8,14H2,1H3. The van der Waals surface area contributed by atoms with Gasteiger partial charge >= 0.3 is 5.97 Å². The number of esters is 1. The molecule has 0 atom stereocenters. The number of para-hydroxylation sites is 1. The Bertz CT molecular complexity index is 552. The normalized spacial score (nSPS) is 10.2. The first-order chi connectivity index (χ1) is 9.22. The van der Waals surface area contributed by atoms with E-state index in [-0.39, 0.29) is 0 Å². The molecule has 0 radical (unpaired) electrons. The molecule has 2 rings (SSSR count). The van der Waals surface area contributed by atoms with Crippen molar-refractivity contribution in [3.63, 3.8) is 0 Å². The van der Waals surface area contributed by atoms with Crippen molar-refractivity contribution in [1.29, 1.82) is 0 Å². The van der Waals surface area contributed by atoms with Crippen LogP contribution in [0.4, 0.5) is 11.4 Å². The van der Waals surface area contributed by atoms with Crippen LogP contribution in [0.15, 0.2) is 35.1 Å². The van der Waals surface area contributed by atoms with E-state index in [0.29, 0.717) is 30.1 Å². The molecule has 0 aliphatic carbocycles. The minimum Gasteiger partial charge on any atom is -0.462 e. The van der Waals surface area contributed by atoms with Gasteiger partial charge < -0.3 is 20.3 Å². The van der Waals surface area contributed by atoms with Crippen molar-refractivity contribution in [2.24, 2.45) is 0 Å². The topological polar surface area (TPSA) is 90.4 Å². The van der Waals surface area contributed by atoms with Gasteiger partial charge in [0, 0.05) is 6.07 Å². The van der Waals surface area contributed by atoms with E-state index in [4.69, 9.17) is 15.0 Å². The van der Waals surface area contributed by atoms with Crippen LogP contribution < -0.4 is 11.1 Å². The SMILES string of the molecule is CCOC(=O)c1cccc(N)c1NCc1ccon1. The van der Waals surface area contributed by atoms with Gasteiger partial charge in [-0.15, -0.1) is 0 Å². The van der Waals surface area contributed by atoms with Crippen LogP contribution in [0, 0.1) is 0 Å². The Labute approximate surface area is 110 Å². The fourth-order valence-corrected chi connectivity index (χ4v) is 1.65. The molecular weight excluding hydrogens is 246 g/mol. The molecule has 3 N–H and O–H groups in total. The molecule has 0 amide bonds. The van der Waals surface area contributed by atoms with Gasteiger partial charge in [-0.2, -0.15) is 0 Å². The second-order valence-electron chi connectivity index (χ2n) is 3.83. The predicted molar refractivity (Wildman–Crippen MR) is 70.6 cm³/mol. The van der Waals surface area contributed by atoms with Crippen molar-refractivity contribution in [2.75, 3.05) is 17.7 Å². The van der Waals surface area contributed by atoms with E-state index in [1.807, 2.05) is 0 Å². The van der Waals surface area contributed by atoms with Crippen LogP contribution in [-0.4, -0.2) is 17.7 Å². The molecule has 0 unspecified atom stereocenters. The van der Waals surface area contributed by atoms with Crippen molar-refractivity contribution in [1.82, 2.24) is 5.16 Å². The first-order valence-electron chi connectivity index (χ1n) is 5.91. The van der Waals surface area contributed by atoms with Gasteiger partial charge in [-0.3, -0.25) is 0 Å². The molecule has 0 spiro atoms. The number of rotatable bonds is 5. The second-order valence-corrected chi connectivity index (χ2v) is 3.83. The van der Waals surface area contributed by atoms with Crippen LogP contribution in [0.1, 0.15) is 23.0 Å². The molecule has 1 aromatic carbocycles. The highest BCUT2D eigenvalue weighted by Gasteiger charge is 2.14. The summed E-state index contributed by atoms with van der Waals surface area (Å²) in [6, 6.07) is 6.83. The molecule has 0 aliphatic rings. The van der Waals surface area contributed by atoms with Gasteiger partial charge in [-0.05, 0) is 19.1 Å². The third kappa shape index (κ3) is 3.04. The Kier molecular flexibility index (Phi) is 4.02. The molecule has 6 nitrogen and oxygen atoms in total. The van der Waals surface area contributed by atoms with Crippen LogP contribution in [0.3, 0.4) is 0 Å². The van der Waals surface area contributed by atoms with Crippen LogP contribution in [0.25, 0.3) is 0 Å². The highest BCUT2D eigenvalue weighted by Crippen LogP contribution is 2.24. The molecule has 0 bridgehead atoms. The molecule has 1 heterocycles. The summed E-state index contributed by atoms with van der Waals surface area (Å²) in [5, 5.41) is 6.85. The lowest BCUT2D eigenvalue weighted by Crippen LogP contribution is -2.11. The summed E-state index contributed by atoms with van der Waals surface area (Å²) in [4.78, 5) is 11.8. The van der Waals surface area contributed by atoms with Gasteiger partial charge in [-0.25, -0.2) is 4.79 Å². The zero-order chi connectivity index (χ0) is 13.7. The Balaban J connectivity index is 2.20. The number of aromatic nitrogens is 1. The number of nitrogens with one attached hydrogen (secondary N) is 1. The van der Waals surface area contributed by atoms with Gasteiger partial charge in [0.15, 0.2) is 0 Å². The largest absolute Gasteiger partial charge is 0.462 e. The molecule has 100 valence electrons. The van der Waals surface area contributed by atoms with Gasteiger partial charge in [0.25, 0.3) is 0 Å². The van der Waals surface area contributed by atoms with E-state index in [1.54, 1.807) is 31.2 Å². The first-order valence-corrected chi connectivity index (χ1v) is 5.91. The zero-order valence-electron chi connectivity index (χ0n) is 10.6. The third-order valence-corrected chi connectivity index (χ3v) is 2.53. The lowest BCUT2D eigenvalue weighted by atomic mass is 10.1. The quantitative estimate of drug-likeness (QED) is 0.632. The van der Waals surface area contributed by atoms with Crippen molar-refractivity contribution < 1.29 is 14.1 Å². The van der Waals surface area contributed by atoms with E-state index in [9.17, 15) is 4.79 Å². The molecule has 2 aromatic rings. The Morgan fingerprint density at radius 1 is 1.47 bits per heavy atom. The van der Waals surface area contributed by atoms with Crippen LogP contribution in [-0.2, 0) is 11.3 Å². The van der Waals surface area contributed by atoms with Gasteiger partial charge in [0.2, 0.25) is 0 Å². The summed E-state index contributed by atoms with van der Waals surface area (Å²) in [6.07, 6.45) is 1.48. The maximum absolute atomic E-state index is 11.8. The number of nitrogens with zero attached hydrogens (tertiary/aromatic N) is 1. The number of ether oxygens (including phenoxy) is 1. The van der Waals surface area contributed by atoms with Gasteiger partial charge in [0.05, 0.1) is 30.1 Å².